The van der Waals surface area contributed by atoms with Gasteiger partial charge in [-0.1, -0.05) is 27.2 Å². The predicted octanol–water partition coefficient (Wildman–Crippen LogP) is 5.68. The number of benzene rings is 1. The van der Waals surface area contributed by atoms with Gasteiger partial charge in [-0.05, 0) is 55.6 Å². The summed E-state index contributed by atoms with van der Waals surface area (Å²) in [6, 6.07) is 2.80. The van der Waals surface area contributed by atoms with E-state index in [4.69, 9.17) is 0 Å². The molecule has 118 valence electrons. The summed E-state index contributed by atoms with van der Waals surface area (Å²) >= 11 is 0. The minimum atomic E-state index is -0.356. The summed E-state index contributed by atoms with van der Waals surface area (Å²) in [4.78, 5) is 0. The largest absolute Gasteiger partial charge is 0.380 e. The molecule has 0 aliphatic heterocycles. The van der Waals surface area contributed by atoms with E-state index < -0.39 is 0 Å². The molecular weight excluding hydrogens is 268 g/mol. The van der Waals surface area contributed by atoms with Crippen LogP contribution in [0.3, 0.4) is 0 Å². The topological polar surface area (TPSA) is 12.0 Å². The van der Waals surface area contributed by atoms with Crippen molar-refractivity contribution in [3.63, 3.8) is 0 Å². The summed E-state index contributed by atoms with van der Waals surface area (Å²) in [5, 5.41) is 3.21. The van der Waals surface area contributed by atoms with Crippen molar-refractivity contribution in [3.05, 3.63) is 29.3 Å². The number of halogens is 2. The maximum atomic E-state index is 13.9. The highest BCUT2D eigenvalue weighted by atomic mass is 19.1. The first-order valence-corrected chi connectivity index (χ1v) is 7.99. The fraction of sp³-hybridized carbons (Fsp3) is 0.667. The average molecular weight is 295 g/mol. The lowest BCUT2D eigenvalue weighted by Crippen LogP contribution is -2.22. The third-order valence-electron chi connectivity index (χ3n) is 4.80. The molecule has 1 aromatic carbocycles. The summed E-state index contributed by atoms with van der Waals surface area (Å²) in [6.45, 7) is 8.46. The Hall–Kier alpha value is -1.12. The van der Waals surface area contributed by atoms with Crippen molar-refractivity contribution in [2.24, 2.45) is 11.3 Å². The van der Waals surface area contributed by atoms with Crippen LogP contribution in [0.2, 0.25) is 0 Å². The molecule has 1 aliphatic carbocycles. The summed E-state index contributed by atoms with van der Waals surface area (Å²) in [7, 11) is 0. The van der Waals surface area contributed by atoms with Crippen molar-refractivity contribution in [1.82, 2.24) is 0 Å². The number of hydrogen-bond acceptors (Lipinski definition) is 1. The first-order chi connectivity index (χ1) is 9.77. The Morgan fingerprint density at radius 2 is 1.71 bits per heavy atom. The molecule has 1 nitrogen and oxygen atoms in total. The quantitative estimate of drug-likeness (QED) is 0.692. The predicted molar refractivity (Wildman–Crippen MR) is 84.5 cm³/mol. The van der Waals surface area contributed by atoms with Gasteiger partial charge in [0.05, 0.1) is 5.69 Å². The van der Waals surface area contributed by atoms with Gasteiger partial charge in [-0.3, -0.25) is 0 Å². The van der Waals surface area contributed by atoms with E-state index in [1.807, 2.05) is 0 Å². The molecule has 1 aliphatic rings. The van der Waals surface area contributed by atoms with E-state index in [0.29, 0.717) is 22.6 Å². The number of rotatable bonds is 2. The van der Waals surface area contributed by atoms with Gasteiger partial charge in [-0.2, -0.15) is 0 Å². The Balaban J connectivity index is 2.03. The van der Waals surface area contributed by atoms with Gasteiger partial charge in [0.25, 0.3) is 0 Å². The van der Waals surface area contributed by atoms with Crippen molar-refractivity contribution in [1.29, 1.82) is 0 Å². The molecule has 0 bridgehead atoms. The van der Waals surface area contributed by atoms with Crippen molar-refractivity contribution in [2.75, 3.05) is 5.32 Å². The maximum Gasteiger partial charge on any atom is 0.146 e. The van der Waals surface area contributed by atoms with Crippen molar-refractivity contribution in [2.45, 2.75) is 65.8 Å². The summed E-state index contributed by atoms with van der Waals surface area (Å²) in [5.41, 5.74) is 0.986. The fourth-order valence-corrected chi connectivity index (χ4v) is 3.29. The van der Waals surface area contributed by atoms with Gasteiger partial charge in [-0.15, -0.1) is 0 Å². The van der Waals surface area contributed by atoms with Crippen LogP contribution < -0.4 is 5.32 Å². The molecule has 0 heterocycles. The molecule has 2 unspecified atom stereocenters. The fourth-order valence-electron chi connectivity index (χ4n) is 3.29. The Morgan fingerprint density at radius 3 is 2.38 bits per heavy atom. The van der Waals surface area contributed by atoms with Crippen LogP contribution in [-0.2, 0) is 0 Å². The molecule has 0 amide bonds. The maximum absolute atomic E-state index is 13.9. The van der Waals surface area contributed by atoms with Gasteiger partial charge in [0.15, 0.2) is 0 Å². The van der Waals surface area contributed by atoms with Gasteiger partial charge in [-0.25, -0.2) is 8.78 Å². The molecular formula is C18H27F2N. The molecule has 0 aromatic heterocycles. The van der Waals surface area contributed by atoms with E-state index in [0.717, 1.165) is 25.7 Å². The Morgan fingerprint density at radius 1 is 1.00 bits per heavy atom. The van der Waals surface area contributed by atoms with Crippen LogP contribution in [0.25, 0.3) is 0 Å². The van der Waals surface area contributed by atoms with E-state index in [-0.39, 0.29) is 17.7 Å². The van der Waals surface area contributed by atoms with Gasteiger partial charge < -0.3 is 5.32 Å². The van der Waals surface area contributed by atoms with Gasteiger partial charge in [0, 0.05) is 12.1 Å². The minimum absolute atomic E-state index is 0.244. The molecule has 2 atom stereocenters. The number of hydrogen-bond donors (Lipinski definition) is 1. The highest BCUT2D eigenvalue weighted by molar-refractivity contribution is 5.47. The van der Waals surface area contributed by atoms with Crippen molar-refractivity contribution < 1.29 is 8.78 Å². The van der Waals surface area contributed by atoms with E-state index >= 15 is 0 Å². The second-order valence-electron chi connectivity index (χ2n) is 7.49. The zero-order valence-electron chi connectivity index (χ0n) is 13.6. The molecule has 0 saturated heterocycles. The van der Waals surface area contributed by atoms with Gasteiger partial charge in [0.2, 0.25) is 0 Å². The van der Waals surface area contributed by atoms with Crippen LogP contribution in [0.4, 0.5) is 14.5 Å². The smallest absolute Gasteiger partial charge is 0.146 e. The molecule has 2 rings (SSSR count). The Bertz CT molecular complexity index is 491. The van der Waals surface area contributed by atoms with Crippen LogP contribution in [0.5, 0.6) is 0 Å². The van der Waals surface area contributed by atoms with Crippen LogP contribution in [-0.4, -0.2) is 6.04 Å². The minimum Gasteiger partial charge on any atom is -0.380 e. The highest BCUT2D eigenvalue weighted by Gasteiger charge is 2.28. The van der Waals surface area contributed by atoms with Crippen molar-refractivity contribution >= 4 is 5.69 Å². The van der Waals surface area contributed by atoms with Crippen LogP contribution in [0.15, 0.2) is 12.1 Å². The SMILES string of the molecule is Cc1cc(F)c(NC2CCCC(C(C)(C)C)CC2)cc1F. The van der Waals surface area contributed by atoms with E-state index in [1.54, 1.807) is 6.92 Å². The molecule has 1 saturated carbocycles. The standard InChI is InChI=1S/C18H27F2N/c1-12-10-16(20)17(11-15(12)19)21-14-7-5-6-13(8-9-14)18(2,3)4/h10-11,13-14,21H,5-9H2,1-4H3. The molecule has 0 spiro atoms. The van der Waals surface area contributed by atoms with E-state index in [1.165, 1.54) is 18.6 Å². The van der Waals surface area contributed by atoms with Crippen LogP contribution in [0.1, 0.15) is 58.4 Å². The molecule has 0 radical (unpaired) electrons. The monoisotopic (exact) mass is 295 g/mol. The zero-order chi connectivity index (χ0) is 15.6. The second kappa shape index (κ2) is 6.33. The average Bonchev–Trinajstić information content (AvgIpc) is 2.61. The zero-order valence-corrected chi connectivity index (χ0v) is 13.6. The lowest BCUT2D eigenvalue weighted by molar-refractivity contribution is 0.214. The lowest BCUT2D eigenvalue weighted by Gasteiger charge is -2.29. The van der Waals surface area contributed by atoms with Crippen LogP contribution >= 0.6 is 0 Å². The van der Waals surface area contributed by atoms with Gasteiger partial charge >= 0.3 is 0 Å². The number of nitrogens with one attached hydrogen (secondary N) is 1. The molecule has 1 fully saturated rings. The molecule has 21 heavy (non-hydrogen) atoms. The number of anilines is 1. The summed E-state index contributed by atoms with van der Waals surface area (Å²) < 4.78 is 27.5. The number of aryl methyl sites for hydroxylation is 1. The van der Waals surface area contributed by atoms with Gasteiger partial charge in [0.1, 0.15) is 11.6 Å². The molecule has 1 N–H and O–H groups in total. The van der Waals surface area contributed by atoms with Crippen molar-refractivity contribution in [3.8, 4) is 0 Å². The Labute approximate surface area is 127 Å². The second-order valence-corrected chi connectivity index (χ2v) is 7.49. The Kier molecular flexibility index (Phi) is 4.90. The molecule has 3 heteroatoms. The summed E-state index contributed by atoms with van der Waals surface area (Å²) in [5.74, 6) is 0.00880. The highest BCUT2D eigenvalue weighted by Crippen LogP contribution is 2.37. The van der Waals surface area contributed by atoms with E-state index in [2.05, 4.69) is 26.1 Å². The van der Waals surface area contributed by atoms with Crippen LogP contribution in [0, 0.1) is 29.9 Å². The normalized spacial score (nSPS) is 23.7. The first-order valence-electron chi connectivity index (χ1n) is 7.99. The lowest BCUT2D eigenvalue weighted by atomic mass is 9.76. The third kappa shape index (κ3) is 4.18. The molecule has 1 aromatic rings. The third-order valence-corrected chi connectivity index (χ3v) is 4.80. The first kappa shape index (κ1) is 16.3. The van der Waals surface area contributed by atoms with E-state index in [9.17, 15) is 8.78 Å². The summed E-state index contributed by atoms with van der Waals surface area (Å²) in [6.07, 6.45) is 5.58.